The van der Waals surface area contributed by atoms with Gasteiger partial charge in [0.15, 0.2) is 5.58 Å². The first-order valence-corrected chi connectivity index (χ1v) is 31.3. The Morgan fingerprint density at radius 1 is 0.451 bits per heavy atom. The Balaban J connectivity index is 1.13. The number of rotatable bonds is 3. The summed E-state index contributed by atoms with van der Waals surface area (Å²) in [5.74, 6) is 0. The van der Waals surface area contributed by atoms with E-state index in [9.17, 15) is 0 Å². The first kappa shape index (κ1) is 52.0. The molecule has 0 unspecified atom stereocenters. The van der Waals surface area contributed by atoms with Gasteiger partial charge in [0.25, 0.3) is 0 Å². The third-order valence-corrected chi connectivity index (χ3v) is 22.3. The van der Waals surface area contributed by atoms with Crippen LogP contribution in [0.15, 0.2) is 144 Å². The lowest BCUT2D eigenvalue weighted by Gasteiger charge is -2.45. The summed E-state index contributed by atoms with van der Waals surface area (Å²) in [6.45, 7) is 38.7. The van der Waals surface area contributed by atoms with E-state index in [1.54, 1.807) is 0 Å². The molecule has 0 spiro atoms. The zero-order chi connectivity index (χ0) is 57.3. The monoisotopic (exact) mass is 1090 g/mol. The van der Waals surface area contributed by atoms with E-state index in [4.69, 9.17) is 4.42 Å². The van der Waals surface area contributed by atoms with Crippen LogP contribution < -0.4 is 20.0 Å². The number of hydrogen-bond acceptors (Lipinski definition) is 4. The number of furan rings is 1. The lowest BCUT2D eigenvalue weighted by atomic mass is 9.46. The minimum atomic E-state index is -0.234. The van der Waals surface area contributed by atoms with Crippen molar-refractivity contribution in [2.75, 3.05) is 9.71 Å². The topological polar surface area (TPSA) is 19.6 Å². The predicted octanol–water partition coefficient (Wildman–Crippen LogP) is 20.8. The minimum Gasteiger partial charge on any atom is -0.454 e. The van der Waals surface area contributed by atoms with Gasteiger partial charge in [0.1, 0.15) is 5.58 Å². The van der Waals surface area contributed by atoms with Crippen molar-refractivity contribution < 1.29 is 4.42 Å². The molecule has 412 valence electrons. The van der Waals surface area contributed by atoms with Gasteiger partial charge in [0, 0.05) is 53.6 Å². The van der Waals surface area contributed by atoms with Gasteiger partial charge in [-0.3, -0.25) is 0 Å². The molecule has 0 saturated carbocycles. The molecule has 2 aliphatic heterocycles. The molecule has 3 nitrogen and oxygen atoms in total. The maximum absolute atomic E-state index is 7.51. The molecule has 3 aliphatic carbocycles. The van der Waals surface area contributed by atoms with Gasteiger partial charge in [0.05, 0.1) is 17.1 Å². The van der Waals surface area contributed by atoms with Crippen molar-refractivity contribution >= 4 is 88.9 Å². The van der Waals surface area contributed by atoms with Crippen LogP contribution in [0.4, 0.5) is 28.4 Å². The second-order valence-electron chi connectivity index (χ2n) is 30.6. The number of hydrogen-bond donors (Lipinski definition) is 0. The molecule has 82 heavy (non-hydrogen) atoms. The fraction of sp³-hybridized carbons (Fsp3) is 0.351. The van der Waals surface area contributed by atoms with Crippen molar-refractivity contribution in [1.29, 1.82) is 0 Å². The molecule has 8 aromatic carbocycles. The summed E-state index contributed by atoms with van der Waals surface area (Å²) in [6.07, 6.45) is 4.68. The SMILES string of the molecule is CC(C)(C)c1ccc(N2B3c4sc5cc6c(cc5c4N(c4ccc(C(C)(C)C)cc4-c4ccccc4)c4c3c(cc3c4oc4ccccc43)-c3cc4c(cc32)C(C)(C)c2cc3c(cc2-4)C(C)(C)CCC3(C)C)C(C)(C)CCC6(C)C)cc1. The molecular formula is C77H79BN2OS. The maximum Gasteiger partial charge on any atom is 0.343 e. The Hall–Kier alpha value is -6.82. The molecule has 0 saturated heterocycles. The molecular weight excluding hydrogens is 1010 g/mol. The average Bonchev–Trinajstić information content (AvgIpc) is 1.94. The Labute approximate surface area is 491 Å². The van der Waals surface area contributed by atoms with E-state index in [0.29, 0.717) is 0 Å². The first-order chi connectivity index (χ1) is 38.6. The smallest absolute Gasteiger partial charge is 0.343 e. The van der Waals surface area contributed by atoms with Crippen LogP contribution >= 0.6 is 11.3 Å². The van der Waals surface area contributed by atoms with Crippen LogP contribution in [0.2, 0.25) is 0 Å². The fourth-order valence-electron chi connectivity index (χ4n) is 15.7. The van der Waals surface area contributed by atoms with E-state index in [-0.39, 0.29) is 44.8 Å². The zero-order valence-electron chi connectivity index (χ0n) is 51.4. The highest BCUT2D eigenvalue weighted by atomic mass is 32.1. The zero-order valence-corrected chi connectivity index (χ0v) is 52.2. The molecule has 0 radical (unpaired) electrons. The number of anilines is 5. The largest absolute Gasteiger partial charge is 0.454 e. The third-order valence-electron chi connectivity index (χ3n) is 21.1. The number of benzene rings is 8. The molecule has 10 aromatic rings. The van der Waals surface area contributed by atoms with Gasteiger partial charge in [-0.15, -0.1) is 11.3 Å². The molecule has 2 aromatic heterocycles. The van der Waals surface area contributed by atoms with E-state index in [0.717, 1.165) is 46.2 Å². The van der Waals surface area contributed by atoms with E-state index in [1.165, 1.54) is 128 Å². The van der Waals surface area contributed by atoms with Gasteiger partial charge in [-0.25, -0.2) is 0 Å². The Bertz CT molecular complexity index is 4390. The van der Waals surface area contributed by atoms with Crippen molar-refractivity contribution in [3.05, 3.63) is 184 Å². The summed E-state index contributed by atoms with van der Waals surface area (Å²) in [6, 6.07) is 55.4. The standard InChI is InChI=1S/C77H79BN2OS/c1-71(2,3)45-26-29-47(30-27-45)80-63-42-57-50(51-39-58-60(41-56(51)77(57,15)16)75(11,12)34-32-73(58,7)8)37-52(63)53-38-54-48-24-20-21-25-64(48)81-69(54)68-66(53)78(80)70-67(55-40-59-61(43-65(55)82-70)76(13,14)35-33-74(59,9)10)79(68)62-31-28-46(72(4,5)6)36-49(62)44-22-18-17-19-23-44/h17-31,36-43H,32-35H2,1-16H3. The molecule has 4 heterocycles. The van der Waals surface area contributed by atoms with Crippen LogP contribution in [0.5, 0.6) is 0 Å². The van der Waals surface area contributed by atoms with E-state index >= 15 is 0 Å². The van der Waals surface area contributed by atoms with Crippen molar-refractivity contribution in [2.45, 2.75) is 174 Å². The predicted molar refractivity (Wildman–Crippen MR) is 354 cm³/mol. The van der Waals surface area contributed by atoms with Crippen molar-refractivity contribution in [1.82, 2.24) is 0 Å². The second-order valence-corrected chi connectivity index (χ2v) is 31.7. The minimum absolute atomic E-state index is 0.00637. The molecule has 0 N–H and O–H groups in total. The molecule has 0 amide bonds. The van der Waals surface area contributed by atoms with E-state index in [1.807, 2.05) is 11.3 Å². The van der Waals surface area contributed by atoms with Gasteiger partial charge < -0.3 is 14.1 Å². The Morgan fingerprint density at radius 2 is 1.02 bits per heavy atom. The third kappa shape index (κ3) is 7.26. The summed E-state index contributed by atoms with van der Waals surface area (Å²) in [4.78, 5) is 5.49. The van der Waals surface area contributed by atoms with Crippen LogP contribution in [0.3, 0.4) is 0 Å². The average molecular weight is 1090 g/mol. The number of para-hydroxylation sites is 1. The van der Waals surface area contributed by atoms with Gasteiger partial charge >= 0.3 is 6.85 Å². The van der Waals surface area contributed by atoms with Crippen molar-refractivity contribution in [3.63, 3.8) is 0 Å². The van der Waals surface area contributed by atoms with Gasteiger partial charge in [-0.1, -0.05) is 184 Å². The Kier molecular flexibility index (Phi) is 10.6. The summed E-state index contributed by atoms with van der Waals surface area (Å²) in [7, 11) is 0. The van der Waals surface area contributed by atoms with Crippen LogP contribution in [-0.4, -0.2) is 6.85 Å². The molecule has 0 atom stereocenters. The quantitative estimate of drug-likeness (QED) is 0.164. The second kappa shape index (κ2) is 16.7. The van der Waals surface area contributed by atoms with E-state index in [2.05, 4.69) is 260 Å². The number of thiophene rings is 1. The molecule has 15 rings (SSSR count). The fourth-order valence-corrected chi connectivity index (χ4v) is 17.0. The first-order valence-electron chi connectivity index (χ1n) is 30.5. The summed E-state index contributed by atoms with van der Waals surface area (Å²) in [5.41, 5.74) is 28.4. The summed E-state index contributed by atoms with van der Waals surface area (Å²) in [5, 5.41) is 3.61. The molecule has 5 heteroatoms. The number of nitrogens with zero attached hydrogens (tertiary/aromatic N) is 2. The highest BCUT2D eigenvalue weighted by Gasteiger charge is 2.51. The van der Waals surface area contributed by atoms with Crippen LogP contribution in [-0.2, 0) is 37.9 Å². The van der Waals surface area contributed by atoms with E-state index < -0.39 is 0 Å². The lowest BCUT2D eigenvalue weighted by Crippen LogP contribution is -2.60. The summed E-state index contributed by atoms with van der Waals surface area (Å²) >= 11 is 2.03. The lowest BCUT2D eigenvalue weighted by molar-refractivity contribution is 0.331. The van der Waals surface area contributed by atoms with Crippen LogP contribution in [0.25, 0.3) is 65.4 Å². The van der Waals surface area contributed by atoms with Gasteiger partial charge in [-0.05, 0) is 197 Å². The van der Waals surface area contributed by atoms with Crippen LogP contribution in [0.1, 0.15) is 181 Å². The van der Waals surface area contributed by atoms with Gasteiger partial charge in [-0.2, -0.15) is 0 Å². The Morgan fingerprint density at radius 3 is 1.68 bits per heavy atom. The molecule has 5 aliphatic rings. The maximum atomic E-state index is 7.51. The highest BCUT2D eigenvalue weighted by Crippen LogP contribution is 2.61. The van der Waals surface area contributed by atoms with Crippen molar-refractivity contribution in [2.24, 2.45) is 0 Å². The van der Waals surface area contributed by atoms with Crippen molar-refractivity contribution in [3.8, 4) is 33.4 Å². The van der Waals surface area contributed by atoms with Crippen LogP contribution in [0, 0.1) is 0 Å². The highest BCUT2D eigenvalue weighted by molar-refractivity contribution is 7.32. The number of fused-ring (bicyclic) bond motifs is 15. The van der Waals surface area contributed by atoms with Gasteiger partial charge in [0.2, 0.25) is 0 Å². The molecule has 0 fully saturated rings. The normalized spacial score (nSPS) is 18.5. The summed E-state index contributed by atoms with van der Waals surface area (Å²) < 4.78 is 10.2. The molecule has 0 bridgehead atoms.